The van der Waals surface area contributed by atoms with Gasteiger partial charge in [-0.1, -0.05) is 12.1 Å². The normalized spacial score (nSPS) is 12.1. The van der Waals surface area contributed by atoms with E-state index in [0.717, 1.165) is 9.13 Å². The summed E-state index contributed by atoms with van der Waals surface area (Å²) in [6.45, 7) is 2.09. The van der Waals surface area contributed by atoms with Gasteiger partial charge in [0.2, 0.25) is 0 Å². The van der Waals surface area contributed by atoms with Gasteiger partial charge in [-0.15, -0.1) is 0 Å². The summed E-state index contributed by atoms with van der Waals surface area (Å²) in [5.74, 6) is 0. The Bertz CT molecular complexity index is 522. The Morgan fingerprint density at radius 3 is 2.56 bits per heavy atom. The molecule has 1 aromatic carbocycles. The summed E-state index contributed by atoms with van der Waals surface area (Å²) in [6, 6.07) is 9.91. The Hall–Kier alpha value is -1.35. The molecule has 1 atom stereocenters. The fourth-order valence-corrected chi connectivity index (χ4v) is 1.93. The van der Waals surface area contributed by atoms with Crippen molar-refractivity contribution in [2.45, 2.75) is 13.0 Å². The fourth-order valence-electron chi connectivity index (χ4n) is 1.52. The predicted octanol–water partition coefficient (Wildman–Crippen LogP) is 2.97. The number of aromatic nitrogens is 2. The number of nitrogens with zero attached hydrogens (tertiary/aromatic N) is 3. The van der Waals surface area contributed by atoms with E-state index in [9.17, 15) is 0 Å². The molecule has 1 aromatic heterocycles. The largest absolute Gasteiger partial charge is 0.264 e. The molecule has 2 rings (SSSR count). The van der Waals surface area contributed by atoms with Crippen molar-refractivity contribution >= 4 is 22.6 Å². The van der Waals surface area contributed by atoms with Crippen LogP contribution in [0.3, 0.4) is 0 Å². The molecule has 0 fully saturated rings. The molecule has 3 nitrogen and oxygen atoms in total. The van der Waals surface area contributed by atoms with Crippen LogP contribution in [0.2, 0.25) is 0 Å². The number of benzene rings is 1. The van der Waals surface area contributed by atoms with Crippen molar-refractivity contribution in [1.29, 1.82) is 5.26 Å². The maximum atomic E-state index is 8.72. The van der Waals surface area contributed by atoms with E-state index in [4.69, 9.17) is 5.26 Å². The summed E-state index contributed by atoms with van der Waals surface area (Å²) in [5, 5.41) is 13.0. The minimum Gasteiger partial charge on any atom is -0.264 e. The lowest BCUT2D eigenvalue weighted by Crippen LogP contribution is -2.06. The molecular formula is C12H10IN3. The minimum absolute atomic E-state index is 0.191. The third kappa shape index (κ3) is 2.25. The Balaban J connectivity index is 2.27. The molecule has 4 heteroatoms. The third-order valence-corrected chi connectivity index (χ3v) is 3.05. The van der Waals surface area contributed by atoms with Crippen molar-refractivity contribution in [3.63, 3.8) is 0 Å². The van der Waals surface area contributed by atoms with Gasteiger partial charge in [0.05, 0.1) is 27.4 Å². The van der Waals surface area contributed by atoms with Gasteiger partial charge in [-0.25, -0.2) is 0 Å². The maximum absolute atomic E-state index is 8.72. The van der Waals surface area contributed by atoms with Crippen LogP contribution >= 0.6 is 22.6 Å². The molecule has 0 aliphatic carbocycles. The monoisotopic (exact) mass is 323 g/mol. The zero-order valence-electron chi connectivity index (χ0n) is 8.76. The molecule has 0 unspecified atom stereocenters. The second kappa shape index (κ2) is 4.66. The highest BCUT2D eigenvalue weighted by atomic mass is 127. The van der Waals surface area contributed by atoms with Crippen LogP contribution in [0.15, 0.2) is 36.7 Å². The van der Waals surface area contributed by atoms with Crippen LogP contribution in [0.1, 0.15) is 24.1 Å². The van der Waals surface area contributed by atoms with Crippen molar-refractivity contribution in [1.82, 2.24) is 9.78 Å². The topological polar surface area (TPSA) is 41.6 Å². The molecule has 1 heterocycles. The first kappa shape index (κ1) is 11.1. The second-order valence-corrected chi connectivity index (χ2v) is 4.79. The lowest BCUT2D eigenvalue weighted by atomic mass is 10.1. The van der Waals surface area contributed by atoms with Gasteiger partial charge >= 0.3 is 0 Å². The molecule has 0 bridgehead atoms. The van der Waals surface area contributed by atoms with Crippen LogP contribution in [-0.2, 0) is 0 Å². The Morgan fingerprint density at radius 1 is 1.38 bits per heavy atom. The molecule has 80 valence electrons. The summed E-state index contributed by atoms with van der Waals surface area (Å²) >= 11 is 2.24. The van der Waals surface area contributed by atoms with Gasteiger partial charge in [0.1, 0.15) is 0 Å². The lowest BCUT2D eigenvalue weighted by molar-refractivity contribution is 0.564. The van der Waals surface area contributed by atoms with Gasteiger partial charge in [-0.3, -0.25) is 4.68 Å². The van der Waals surface area contributed by atoms with Crippen molar-refractivity contribution in [3.8, 4) is 6.07 Å². The van der Waals surface area contributed by atoms with E-state index < -0.39 is 0 Å². The fraction of sp³-hybridized carbons (Fsp3) is 0.167. The zero-order chi connectivity index (χ0) is 11.5. The quantitative estimate of drug-likeness (QED) is 0.798. The van der Waals surface area contributed by atoms with E-state index in [1.165, 1.54) is 0 Å². The summed E-state index contributed by atoms with van der Waals surface area (Å²) in [5.41, 5.74) is 1.84. The molecule has 0 radical (unpaired) electrons. The highest BCUT2D eigenvalue weighted by molar-refractivity contribution is 14.1. The summed E-state index contributed by atoms with van der Waals surface area (Å²) in [4.78, 5) is 0. The smallest absolute Gasteiger partial charge is 0.0991 e. The van der Waals surface area contributed by atoms with E-state index in [2.05, 4.69) is 40.7 Å². The van der Waals surface area contributed by atoms with E-state index in [-0.39, 0.29) is 6.04 Å². The third-order valence-electron chi connectivity index (χ3n) is 2.49. The molecule has 0 aliphatic rings. The van der Waals surface area contributed by atoms with E-state index in [1.807, 2.05) is 41.3 Å². The van der Waals surface area contributed by atoms with Crippen LogP contribution < -0.4 is 0 Å². The molecule has 16 heavy (non-hydrogen) atoms. The van der Waals surface area contributed by atoms with Gasteiger partial charge in [0.15, 0.2) is 0 Å². The average Bonchev–Trinajstić information content (AvgIpc) is 2.75. The number of hydrogen-bond acceptors (Lipinski definition) is 2. The molecular weight excluding hydrogens is 313 g/mol. The molecule has 0 saturated heterocycles. The van der Waals surface area contributed by atoms with Crippen LogP contribution in [0.5, 0.6) is 0 Å². The van der Waals surface area contributed by atoms with Gasteiger partial charge in [0.25, 0.3) is 0 Å². The zero-order valence-corrected chi connectivity index (χ0v) is 10.9. The summed E-state index contributed by atoms with van der Waals surface area (Å²) in [7, 11) is 0. The van der Waals surface area contributed by atoms with Crippen LogP contribution in [0.4, 0.5) is 0 Å². The molecule has 0 saturated carbocycles. The van der Waals surface area contributed by atoms with Crippen molar-refractivity contribution in [2.24, 2.45) is 0 Å². The summed E-state index contributed by atoms with van der Waals surface area (Å²) < 4.78 is 3.04. The highest BCUT2D eigenvalue weighted by Crippen LogP contribution is 2.18. The molecule has 0 aliphatic heterocycles. The number of hydrogen-bond donors (Lipinski definition) is 0. The lowest BCUT2D eigenvalue weighted by Gasteiger charge is -2.12. The number of halogens is 1. The van der Waals surface area contributed by atoms with Crippen LogP contribution in [0, 0.1) is 14.9 Å². The first-order chi connectivity index (χ1) is 7.70. The van der Waals surface area contributed by atoms with Gasteiger partial charge < -0.3 is 0 Å². The number of nitriles is 1. The Morgan fingerprint density at radius 2 is 2.06 bits per heavy atom. The van der Waals surface area contributed by atoms with E-state index in [1.54, 1.807) is 0 Å². The molecule has 0 spiro atoms. The Labute approximate surface area is 108 Å². The molecule has 0 amide bonds. The molecule has 2 aromatic rings. The average molecular weight is 323 g/mol. The number of rotatable bonds is 2. The molecule has 0 N–H and O–H groups in total. The predicted molar refractivity (Wildman–Crippen MR) is 69.9 cm³/mol. The van der Waals surface area contributed by atoms with Gasteiger partial charge in [-0.2, -0.15) is 10.4 Å². The standard InChI is InChI=1S/C12H10IN3/c1-9(16-8-12(13)7-15-16)11-4-2-10(6-14)3-5-11/h2-5,7-9H,1H3/t9-/m0/s1. The first-order valence-corrected chi connectivity index (χ1v) is 5.98. The van der Waals surface area contributed by atoms with E-state index in [0.29, 0.717) is 5.56 Å². The van der Waals surface area contributed by atoms with Gasteiger partial charge in [0, 0.05) is 6.20 Å². The second-order valence-electron chi connectivity index (χ2n) is 3.55. The minimum atomic E-state index is 0.191. The van der Waals surface area contributed by atoms with Gasteiger partial charge in [-0.05, 0) is 47.2 Å². The first-order valence-electron chi connectivity index (χ1n) is 4.90. The van der Waals surface area contributed by atoms with Crippen molar-refractivity contribution in [2.75, 3.05) is 0 Å². The van der Waals surface area contributed by atoms with Crippen molar-refractivity contribution < 1.29 is 0 Å². The van der Waals surface area contributed by atoms with Crippen LogP contribution in [0.25, 0.3) is 0 Å². The summed E-state index contributed by atoms with van der Waals surface area (Å²) in [6.07, 6.45) is 3.84. The van der Waals surface area contributed by atoms with Crippen LogP contribution in [-0.4, -0.2) is 9.78 Å². The maximum Gasteiger partial charge on any atom is 0.0991 e. The SMILES string of the molecule is C[C@@H](c1ccc(C#N)cc1)n1cc(I)cn1. The Kier molecular flexibility index (Phi) is 3.25. The highest BCUT2D eigenvalue weighted by Gasteiger charge is 2.08. The van der Waals surface area contributed by atoms with Crippen molar-refractivity contribution in [3.05, 3.63) is 51.4 Å². The van der Waals surface area contributed by atoms with E-state index >= 15 is 0 Å².